The summed E-state index contributed by atoms with van der Waals surface area (Å²) in [6.45, 7) is 15.5. The van der Waals surface area contributed by atoms with Gasteiger partial charge in [0.2, 0.25) is 0 Å². The van der Waals surface area contributed by atoms with Crippen LogP contribution in [0, 0.1) is 11.3 Å². The lowest BCUT2D eigenvalue weighted by Gasteiger charge is -2.35. The maximum absolute atomic E-state index is 13.6. The Morgan fingerprint density at radius 1 is 1.00 bits per heavy atom. The third-order valence-electron chi connectivity index (χ3n) is 7.92. The van der Waals surface area contributed by atoms with Gasteiger partial charge in [-0.3, -0.25) is 4.90 Å². The third kappa shape index (κ3) is 7.17. The van der Waals surface area contributed by atoms with Crippen LogP contribution in [-0.2, 0) is 21.5 Å². The number of hydrogen-bond acceptors (Lipinski definition) is 5. The summed E-state index contributed by atoms with van der Waals surface area (Å²) in [5.41, 5.74) is 2.58. The quantitative estimate of drug-likeness (QED) is 0.310. The molecule has 7 heteroatoms. The Balaban J connectivity index is 2.08. The van der Waals surface area contributed by atoms with E-state index in [0.717, 1.165) is 36.1 Å². The fourth-order valence-corrected chi connectivity index (χ4v) is 5.88. The highest BCUT2D eigenvalue weighted by Crippen LogP contribution is 2.48. The molecule has 3 rings (SSSR count). The highest BCUT2D eigenvalue weighted by Gasteiger charge is 2.58. The number of benzene rings is 2. The summed E-state index contributed by atoms with van der Waals surface area (Å²) < 4.78 is 11.4. The molecule has 0 aromatic heterocycles. The van der Waals surface area contributed by atoms with Crippen LogP contribution in [0.4, 0.5) is 4.79 Å². The van der Waals surface area contributed by atoms with Crippen molar-refractivity contribution in [1.82, 2.24) is 10.2 Å². The van der Waals surface area contributed by atoms with Gasteiger partial charge in [-0.1, -0.05) is 104 Å². The topological polar surface area (TPSA) is 88.1 Å². The normalized spacial score (nSPS) is 21.4. The Bertz CT molecular complexity index is 1140. The van der Waals surface area contributed by atoms with Crippen molar-refractivity contribution in [2.45, 2.75) is 97.8 Å². The smallest absolute Gasteiger partial charge is 0.411 e. The fourth-order valence-electron chi connectivity index (χ4n) is 5.88. The van der Waals surface area contributed by atoms with Gasteiger partial charge >= 0.3 is 12.1 Å². The van der Waals surface area contributed by atoms with E-state index in [2.05, 4.69) is 45.1 Å². The number of likely N-dealkylation sites (tertiary alicyclic amines) is 1. The Hall–Kier alpha value is -3.06. The van der Waals surface area contributed by atoms with Crippen molar-refractivity contribution < 1.29 is 24.2 Å². The highest BCUT2D eigenvalue weighted by atomic mass is 16.6. The number of unbranched alkanes of at least 4 members (excludes halogenated alkanes) is 2. The number of carboxylic acid groups (broad SMARTS) is 1. The molecule has 2 aromatic carbocycles. The Labute approximate surface area is 240 Å². The van der Waals surface area contributed by atoms with Crippen LogP contribution in [0.2, 0.25) is 0 Å². The Kier molecular flexibility index (Phi) is 10.3. The van der Waals surface area contributed by atoms with Crippen LogP contribution >= 0.6 is 0 Å². The molecular weight excluding hydrogens is 504 g/mol. The first-order chi connectivity index (χ1) is 18.8. The van der Waals surface area contributed by atoms with Crippen molar-refractivity contribution in [3.05, 3.63) is 65.2 Å². The number of rotatable bonds is 10. The molecule has 2 aromatic rings. The number of amides is 1. The average molecular weight is 553 g/mol. The van der Waals surface area contributed by atoms with E-state index in [4.69, 9.17) is 9.47 Å². The molecule has 0 radical (unpaired) electrons. The molecule has 1 heterocycles. The second-order valence-electron chi connectivity index (χ2n) is 12.9. The number of methoxy groups -OCH3 is 1. The second-order valence-corrected chi connectivity index (χ2v) is 12.9. The molecule has 40 heavy (non-hydrogen) atoms. The summed E-state index contributed by atoms with van der Waals surface area (Å²) >= 11 is 0. The van der Waals surface area contributed by atoms with E-state index >= 15 is 0 Å². The Morgan fingerprint density at radius 3 is 2.23 bits per heavy atom. The van der Waals surface area contributed by atoms with Gasteiger partial charge in [0, 0.05) is 24.1 Å². The molecule has 7 nitrogen and oxygen atoms in total. The van der Waals surface area contributed by atoms with Crippen molar-refractivity contribution in [2.24, 2.45) is 11.3 Å². The minimum absolute atomic E-state index is 0.0400. The Morgan fingerprint density at radius 2 is 1.68 bits per heavy atom. The van der Waals surface area contributed by atoms with Crippen LogP contribution in [0.3, 0.4) is 0 Å². The minimum atomic E-state index is -1.05. The van der Waals surface area contributed by atoms with Gasteiger partial charge in [-0.15, -0.1) is 0 Å². The van der Waals surface area contributed by atoms with E-state index in [1.54, 1.807) is 7.11 Å². The average Bonchev–Trinajstić information content (AvgIpc) is 3.26. The number of nitrogens with one attached hydrogen (secondary N) is 1. The molecule has 0 spiro atoms. The number of carbonyl (C=O) groups excluding carboxylic acids is 1. The van der Waals surface area contributed by atoms with Gasteiger partial charge in [0.05, 0.1) is 19.8 Å². The molecule has 0 aliphatic carbocycles. The van der Waals surface area contributed by atoms with Crippen LogP contribution in [-0.4, -0.2) is 47.9 Å². The van der Waals surface area contributed by atoms with Crippen molar-refractivity contribution in [3.8, 4) is 5.75 Å². The lowest BCUT2D eigenvalue weighted by Crippen LogP contribution is -2.48. The predicted molar refractivity (Wildman–Crippen MR) is 159 cm³/mol. The van der Waals surface area contributed by atoms with Crippen LogP contribution < -0.4 is 10.1 Å². The molecule has 4 atom stereocenters. The second kappa shape index (κ2) is 13.1. The van der Waals surface area contributed by atoms with Gasteiger partial charge in [0.25, 0.3) is 0 Å². The summed E-state index contributed by atoms with van der Waals surface area (Å²) in [6.07, 6.45) is 2.12. The summed E-state index contributed by atoms with van der Waals surface area (Å²) in [5, 5.41) is 14.3. The van der Waals surface area contributed by atoms with E-state index in [9.17, 15) is 14.7 Å². The molecule has 2 N–H and O–H groups in total. The maximum Gasteiger partial charge on any atom is 0.411 e. The molecule has 1 saturated heterocycles. The van der Waals surface area contributed by atoms with Crippen molar-refractivity contribution in [1.29, 1.82) is 0 Å². The van der Waals surface area contributed by atoms with E-state index in [1.165, 1.54) is 10.5 Å². The SMILES string of the molecule is CCCCCOC(=O)N1[C@H](C(=O)O)[C@@H](C(C)(C)C)[C@H](NCc2cc(C(C)(C)C)ccc2OC)[C@@H]1c1ccccc1. The molecule has 1 fully saturated rings. The first-order valence-corrected chi connectivity index (χ1v) is 14.4. The monoisotopic (exact) mass is 552 g/mol. The highest BCUT2D eigenvalue weighted by molar-refractivity contribution is 5.82. The lowest BCUT2D eigenvalue weighted by atomic mass is 9.72. The molecule has 1 aliphatic heterocycles. The first-order valence-electron chi connectivity index (χ1n) is 14.4. The third-order valence-corrected chi connectivity index (χ3v) is 7.92. The summed E-state index contributed by atoms with van der Waals surface area (Å²) in [6, 6.07) is 14.0. The molecule has 1 aliphatic rings. The zero-order valence-electron chi connectivity index (χ0n) is 25.5. The molecular formula is C33H48N2O5. The summed E-state index contributed by atoms with van der Waals surface area (Å²) in [5.74, 6) is -0.651. The van der Waals surface area contributed by atoms with Gasteiger partial charge < -0.3 is 19.9 Å². The van der Waals surface area contributed by atoms with E-state index in [-0.39, 0.29) is 18.1 Å². The van der Waals surface area contributed by atoms with E-state index < -0.39 is 35.5 Å². The minimum Gasteiger partial charge on any atom is -0.496 e. The fraction of sp³-hybridized carbons (Fsp3) is 0.576. The van der Waals surface area contributed by atoms with Gasteiger partial charge in [-0.05, 0) is 34.4 Å². The molecule has 0 saturated carbocycles. The summed E-state index contributed by atoms with van der Waals surface area (Å²) in [7, 11) is 1.66. The van der Waals surface area contributed by atoms with Crippen molar-refractivity contribution in [2.75, 3.05) is 13.7 Å². The van der Waals surface area contributed by atoms with Crippen LogP contribution in [0.1, 0.15) is 90.5 Å². The van der Waals surface area contributed by atoms with E-state index in [1.807, 2.05) is 57.2 Å². The van der Waals surface area contributed by atoms with Gasteiger partial charge in [-0.25, -0.2) is 9.59 Å². The largest absolute Gasteiger partial charge is 0.496 e. The molecule has 0 unspecified atom stereocenters. The first kappa shape index (κ1) is 31.5. The van der Waals surface area contributed by atoms with Crippen LogP contribution in [0.25, 0.3) is 0 Å². The standard InChI is InChI=1S/C33H48N2O5/c1-9-10-14-19-40-31(38)35-28(22-15-12-11-13-16-22)27(26(33(5,6)7)29(35)30(36)37)34-21-23-20-24(32(2,3)4)17-18-25(23)39-8/h11-13,15-18,20,26-29,34H,9-10,14,19,21H2,1-8H3,(H,36,37)/t26-,27-,28-,29-/m0/s1. The van der Waals surface area contributed by atoms with Gasteiger partial charge in [0.15, 0.2) is 0 Å². The number of ether oxygens (including phenoxy) is 2. The zero-order chi connectivity index (χ0) is 29.7. The van der Waals surface area contributed by atoms with Crippen molar-refractivity contribution >= 4 is 12.1 Å². The van der Waals surface area contributed by atoms with Crippen LogP contribution in [0.15, 0.2) is 48.5 Å². The van der Waals surface area contributed by atoms with Crippen molar-refractivity contribution in [3.63, 3.8) is 0 Å². The molecule has 0 bridgehead atoms. The van der Waals surface area contributed by atoms with Gasteiger partial charge in [-0.2, -0.15) is 0 Å². The lowest BCUT2D eigenvalue weighted by molar-refractivity contribution is -0.144. The molecule has 1 amide bonds. The maximum atomic E-state index is 13.6. The van der Waals surface area contributed by atoms with Gasteiger partial charge in [0.1, 0.15) is 11.8 Å². The van der Waals surface area contributed by atoms with Crippen LogP contribution in [0.5, 0.6) is 5.75 Å². The number of carboxylic acids is 1. The number of carbonyl (C=O) groups is 2. The summed E-state index contributed by atoms with van der Waals surface area (Å²) in [4.78, 5) is 28.0. The number of hydrogen-bond donors (Lipinski definition) is 2. The number of aliphatic carboxylic acids is 1. The van der Waals surface area contributed by atoms with E-state index in [0.29, 0.717) is 6.54 Å². The zero-order valence-corrected chi connectivity index (χ0v) is 25.5. The number of nitrogens with zero attached hydrogens (tertiary/aromatic N) is 1. The predicted octanol–water partition coefficient (Wildman–Crippen LogP) is 6.95. The molecule has 220 valence electrons.